The van der Waals surface area contributed by atoms with Gasteiger partial charge in [-0.25, -0.2) is 0 Å². The molecule has 0 aromatic heterocycles. The van der Waals surface area contributed by atoms with Crippen LogP contribution in [0.1, 0.15) is 12.5 Å². The van der Waals surface area contributed by atoms with Crippen LogP contribution in [0.15, 0.2) is 48.5 Å². The third kappa shape index (κ3) is 4.00. The summed E-state index contributed by atoms with van der Waals surface area (Å²) in [5.41, 5.74) is 1.75. The van der Waals surface area contributed by atoms with Gasteiger partial charge in [0, 0.05) is 10.7 Å². The summed E-state index contributed by atoms with van der Waals surface area (Å²) in [6.07, 6.45) is 0.867. The molecule has 104 valence electrons. The van der Waals surface area contributed by atoms with Crippen molar-refractivity contribution in [3.63, 3.8) is 0 Å². The third-order valence-electron chi connectivity index (χ3n) is 2.82. The van der Waals surface area contributed by atoms with Crippen LogP contribution in [0.5, 0.6) is 5.75 Å². The second kappa shape index (κ2) is 6.96. The molecule has 2 aromatic carbocycles. The van der Waals surface area contributed by atoms with Gasteiger partial charge in [0.25, 0.3) is 5.91 Å². The van der Waals surface area contributed by atoms with Crippen molar-refractivity contribution in [2.75, 3.05) is 11.9 Å². The van der Waals surface area contributed by atoms with E-state index >= 15 is 0 Å². The summed E-state index contributed by atoms with van der Waals surface area (Å²) in [4.78, 5) is 11.8. The predicted octanol–water partition coefficient (Wildman–Crippen LogP) is 3.92. The van der Waals surface area contributed by atoms with Crippen LogP contribution >= 0.6 is 11.6 Å². The van der Waals surface area contributed by atoms with Crippen LogP contribution in [0.2, 0.25) is 5.02 Å². The third-order valence-corrected chi connectivity index (χ3v) is 3.06. The predicted molar refractivity (Wildman–Crippen MR) is 81.4 cm³/mol. The molecule has 0 atom stereocenters. The zero-order chi connectivity index (χ0) is 14.4. The number of halogens is 1. The topological polar surface area (TPSA) is 38.3 Å². The molecule has 0 fully saturated rings. The molecule has 0 saturated carbocycles. The molecule has 3 nitrogen and oxygen atoms in total. The van der Waals surface area contributed by atoms with E-state index in [2.05, 4.69) is 5.32 Å². The van der Waals surface area contributed by atoms with Crippen molar-refractivity contribution in [2.24, 2.45) is 0 Å². The molecule has 2 rings (SSSR count). The smallest absolute Gasteiger partial charge is 0.262 e. The Hall–Kier alpha value is -2.00. The van der Waals surface area contributed by atoms with Crippen LogP contribution in [0.3, 0.4) is 0 Å². The quantitative estimate of drug-likeness (QED) is 0.906. The highest BCUT2D eigenvalue weighted by atomic mass is 35.5. The summed E-state index contributed by atoms with van der Waals surface area (Å²) in [7, 11) is 0. The first-order valence-electron chi connectivity index (χ1n) is 6.45. The number of nitrogens with one attached hydrogen (secondary N) is 1. The number of carbonyl (C=O) groups is 1. The number of benzene rings is 2. The van der Waals surface area contributed by atoms with E-state index < -0.39 is 0 Å². The number of rotatable bonds is 5. The lowest BCUT2D eigenvalue weighted by atomic mass is 10.1. The number of para-hydroxylation sites is 1. The maximum Gasteiger partial charge on any atom is 0.262 e. The van der Waals surface area contributed by atoms with Gasteiger partial charge in [0.1, 0.15) is 5.75 Å². The van der Waals surface area contributed by atoms with E-state index in [0.29, 0.717) is 10.7 Å². The van der Waals surface area contributed by atoms with Crippen molar-refractivity contribution < 1.29 is 9.53 Å². The van der Waals surface area contributed by atoms with Crippen molar-refractivity contribution in [3.05, 3.63) is 59.1 Å². The molecule has 0 aliphatic heterocycles. The fraction of sp³-hybridized carbons (Fsp3) is 0.188. The van der Waals surface area contributed by atoms with Crippen LogP contribution in [0.4, 0.5) is 5.69 Å². The molecule has 0 aliphatic rings. The maximum absolute atomic E-state index is 11.8. The van der Waals surface area contributed by atoms with Gasteiger partial charge in [-0.2, -0.15) is 0 Å². The number of hydrogen-bond donors (Lipinski definition) is 1. The lowest BCUT2D eigenvalue weighted by Gasteiger charge is -2.10. The lowest BCUT2D eigenvalue weighted by Crippen LogP contribution is -2.20. The highest BCUT2D eigenvalue weighted by molar-refractivity contribution is 6.30. The minimum absolute atomic E-state index is 0.0243. The van der Waals surface area contributed by atoms with Crippen molar-refractivity contribution in [1.29, 1.82) is 0 Å². The largest absolute Gasteiger partial charge is 0.483 e. The highest BCUT2D eigenvalue weighted by Crippen LogP contribution is 2.18. The average Bonchev–Trinajstić information content (AvgIpc) is 2.45. The molecular weight excluding hydrogens is 274 g/mol. The van der Waals surface area contributed by atoms with Crippen LogP contribution in [-0.2, 0) is 11.2 Å². The summed E-state index contributed by atoms with van der Waals surface area (Å²) in [6, 6.07) is 14.7. The van der Waals surface area contributed by atoms with E-state index in [1.54, 1.807) is 24.3 Å². The zero-order valence-electron chi connectivity index (χ0n) is 11.2. The summed E-state index contributed by atoms with van der Waals surface area (Å²) in [5, 5.41) is 3.33. The Kier molecular flexibility index (Phi) is 5.02. The summed E-state index contributed by atoms with van der Waals surface area (Å²) < 4.78 is 5.55. The van der Waals surface area contributed by atoms with Gasteiger partial charge < -0.3 is 10.1 Å². The maximum atomic E-state index is 11.8. The van der Waals surface area contributed by atoms with E-state index in [4.69, 9.17) is 16.3 Å². The molecule has 0 unspecified atom stereocenters. The van der Waals surface area contributed by atoms with Crippen LogP contribution < -0.4 is 10.1 Å². The van der Waals surface area contributed by atoms with Gasteiger partial charge in [0.2, 0.25) is 0 Å². The summed E-state index contributed by atoms with van der Waals surface area (Å²) >= 11 is 5.86. The van der Waals surface area contributed by atoms with Crippen molar-refractivity contribution in [1.82, 2.24) is 0 Å². The molecule has 4 heteroatoms. The minimum Gasteiger partial charge on any atom is -0.483 e. The normalized spacial score (nSPS) is 10.1. The van der Waals surface area contributed by atoms with Gasteiger partial charge in [0.05, 0.1) is 0 Å². The number of ether oxygens (including phenoxy) is 1. The summed E-state index contributed by atoms with van der Waals surface area (Å²) in [6.45, 7) is 2.03. The van der Waals surface area contributed by atoms with E-state index in [1.165, 1.54) is 0 Å². The Morgan fingerprint density at radius 2 is 2.00 bits per heavy atom. The first-order valence-corrected chi connectivity index (χ1v) is 6.83. The second-order valence-electron chi connectivity index (χ2n) is 4.31. The Bertz CT molecular complexity index is 599. The number of aryl methyl sites for hydroxylation is 1. The molecule has 0 bridgehead atoms. The molecule has 20 heavy (non-hydrogen) atoms. The number of carbonyl (C=O) groups excluding carboxylic acids is 1. The number of hydrogen-bond acceptors (Lipinski definition) is 2. The lowest BCUT2D eigenvalue weighted by molar-refractivity contribution is -0.118. The molecule has 0 spiro atoms. The van der Waals surface area contributed by atoms with Crippen molar-refractivity contribution >= 4 is 23.2 Å². The van der Waals surface area contributed by atoms with Gasteiger partial charge in [-0.05, 0) is 36.2 Å². The van der Waals surface area contributed by atoms with Gasteiger partial charge in [-0.15, -0.1) is 0 Å². The van der Waals surface area contributed by atoms with Gasteiger partial charge in [-0.1, -0.05) is 42.8 Å². The van der Waals surface area contributed by atoms with E-state index in [9.17, 15) is 4.79 Å². The van der Waals surface area contributed by atoms with E-state index in [0.717, 1.165) is 17.7 Å². The monoisotopic (exact) mass is 289 g/mol. The van der Waals surface area contributed by atoms with Crippen molar-refractivity contribution in [2.45, 2.75) is 13.3 Å². The fourth-order valence-corrected chi connectivity index (χ4v) is 2.03. The van der Waals surface area contributed by atoms with Gasteiger partial charge in [-0.3, -0.25) is 4.79 Å². The SMILES string of the molecule is CCc1ccccc1OCC(=O)Nc1cccc(Cl)c1. The Morgan fingerprint density at radius 1 is 1.20 bits per heavy atom. The molecular formula is C16H16ClNO2. The van der Waals surface area contributed by atoms with Gasteiger partial charge >= 0.3 is 0 Å². The van der Waals surface area contributed by atoms with Crippen LogP contribution in [-0.4, -0.2) is 12.5 Å². The van der Waals surface area contributed by atoms with Crippen LogP contribution in [0.25, 0.3) is 0 Å². The van der Waals surface area contributed by atoms with E-state index in [1.807, 2.05) is 31.2 Å². The molecule has 1 N–H and O–H groups in total. The average molecular weight is 290 g/mol. The fourth-order valence-electron chi connectivity index (χ4n) is 1.84. The Morgan fingerprint density at radius 3 is 2.75 bits per heavy atom. The van der Waals surface area contributed by atoms with Crippen molar-refractivity contribution in [3.8, 4) is 5.75 Å². The molecule has 0 heterocycles. The van der Waals surface area contributed by atoms with Gasteiger partial charge in [0.15, 0.2) is 6.61 Å². The number of amides is 1. The molecule has 2 aromatic rings. The van der Waals surface area contributed by atoms with E-state index in [-0.39, 0.29) is 12.5 Å². The highest BCUT2D eigenvalue weighted by Gasteiger charge is 2.06. The summed E-state index contributed by atoms with van der Waals surface area (Å²) in [5.74, 6) is 0.536. The zero-order valence-corrected chi connectivity index (χ0v) is 12.0. The Labute approximate surface area is 123 Å². The molecule has 1 amide bonds. The molecule has 0 saturated heterocycles. The first kappa shape index (κ1) is 14.4. The molecule has 0 aliphatic carbocycles. The number of anilines is 1. The van der Waals surface area contributed by atoms with Crippen LogP contribution in [0, 0.1) is 0 Å². The Balaban J connectivity index is 1.92. The standard InChI is InChI=1S/C16H16ClNO2/c1-2-12-6-3-4-9-15(12)20-11-16(19)18-14-8-5-7-13(17)10-14/h3-10H,2,11H2,1H3,(H,18,19). The minimum atomic E-state index is -0.210. The molecule has 0 radical (unpaired) electrons. The second-order valence-corrected chi connectivity index (χ2v) is 4.74. The first-order chi connectivity index (χ1) is 9.69.